The number of hydrogen-bond donors (Lipinski definition) is 1. The fraction of sp³-hybridized carbons (Fsp3) is 0.615. The van der Waals surface area contributed by atoms with E-state index in [1.54, 1.807) is 0 Å². The number of aliphatic hydroxyl groups is 1. The highest BCUT2D eigenvalue weighted by atomic mass is 16.5. The zero-order valence-electron chi connectivity index (χ0n) is 10.7. The van der Waals surface area contributed by atoms with E-state index >= 15 is 0 Å². The lowest BCUT2D eigenvalue weighted by Crippen LogP contribution is -2.32. The zero-order chi connectivity index (χ0) is 13.0. The van der Waals surface area contributed by atoms with Crippen molar-refractivity contribution in [1.29, 1.82) is 5.26 Å². The van der Waals surface area contributed by atoms with Crippen molar-refractivity contribution in [2.75, 3.05) is 26.3 Å². The van der Waals surface area contributed by atoms with Gasteiger partial charge in [-0.25, -0.2) is 0 Å². The number of aromatic nitrogens is 1. The summed E-state index contributed by atoms with van der Waals surface area (Å²) in [6.07, 6.45) is 1.59. The standard InChI is InChI=1S/C13H19N3O2/c1-2-16-8-11(5-12(16)6-14)7-15-3-4-18-10-13(17)9-15/h5,8,13,17H,2-4,7,9-10H2,1H3. The molecule has 1 atom stereocenters. The van der Waals surface area contributed by atoms with E-state index in [-0.39, 0.29) is 0 Å². The Morgan fingerprint density at radius 3 is 3.11 bits per heavy atom. The van der Waals surface area contributed by atoms with E-state index in [0.29, 0.717) is 25.5 Å². The van der Waals surface area contributed by atoms with Crippen molar-refractivity contribution in [3.63, 3.8) is 0 Å². The molecule has 1 N–H and O–H groups in total. The highest BCUT2D eigenvalue weighted by Crippen LogP contribution is 2.12. The Labute approximate surface area is 107 Å². The molecule has 1 aliphatic rings. The van der Waals surface area contributed by atoms with Gasteiger partial charge in [-0.3, -0.25) is 4.90 Å². The average Bonchev–Trinajstić information content (AvgIpc) is 2.64. The number of ether oxygens (including phenoxy) is 1. The number of aryl methyl sites for hydroxylation is 1. The fourth-order valence-corrected chi connectivity index (χ4v) is 2.27. The van der Waals surface area contributed by atoms with Gasteiger partial charge in [-0.1, -0.05) is 0 Å². The van der Waals surface area contributed by atoms with Gasteiger partial charge in [0, 0.05) is 32.4 Å². The largest absolute Gasteiger partial charge is 0.389 e. The minimum absolute atomic E-state index is 0.413. The van der Waals surface area contributed by atoms with E-state index in [9.17, 15) is 5.11 Å². The number of hydrogen-bond acceptors (Lipinski definition) is 4. The summed E-state index contributed by atoms with van der Waals surface area (Å²) in [5, 5.41) is 18.7. The van der Waals surface area contributed by atoms with Crippen LogP contribution in [0, 0.1) is 11.3 Å². The van der Waals surface area contributed by atoms with Crippen molar-refractivity contribution in [2.24, 2.45) is 0 Å². The third kappa shape index (κ3) is 3.10. The van der Waals surface area contributed by atoms with Gasteiger partial charge in [0.25, 0.3) is 0 Å². The van der Waals surface area contributed by atoms with Crippen LogP contribution in [-0.2, 0) is 17.8 Å². The third-order valence-corrected chi connectivity index (χ3v) is 3.15. The number of nitrogens with zero attached hydrogens (tertiary/aromatic N) is 3. The molecule has 2 heterocycles. The Morgan fingerprint density at radius 2 is 2.44 bits per heavy atom. The van der Waals surface area contributed by atoms with Crippen molar-refractivity contribution in [3.8, 4) is 6.07 Å². The Kier molecular flexibility index (Phi) is 4.37. The molecule has 0 radical (unpaired) electrons. The van der Waals surface area contributed by atoms with E-state index in [0.717, 1.165) is 25.2 Å². The summed E-state index contributed by atoms with van der Waals surface area (Å²) in [7, 11) is 0. The van der Waals surface area contributed by atoms with E-state index in [1.165, 1.54) is 0 Å². The van der Waals surface area contributed by atoms with Crippen LogP contribution < -0.4 is 0 Å². The van der Waals surface area contributed by atoms with Gasteiger partial charge in [0.1, 0.15) is 11.8 Å². The highest BCUT2D eigenvalue weighted by molar-refractivity contribution is 5.28. The van der Waals surface area contributed by atoms with Gasteiger partial charge in [-0.2, -0.15) is 5.26 Å². The maximum absolute atomic E-state index is 9.67. The molecule has 0 bridgehead atoms. The number of β-amino-alcohol motifs (C(OH)–C–C–N with tert-alkyl or cyclic N) is 1. The summed E-state index contributed by atoms with van der Waals surface area (Å²) in [6, 6.07) is 4.11. The van der Waals surface area contributed by atoms with Gasteiger partial charge in [-0.15, -0.1) is 0 Å². The first-order chi connectivity index (χ1) is 8.72. The van der Waals surface area contributed by atoms with Crippen molar-refractivity contribution in [3.05, 3.63) is 23.5 Å². The van der Waals surface area contributed by atoms with E-state index in [4.69, 9.17) is 10.00 Å². The maximum atomic E-state index is 9.67. The molecule has 1 aromatic heterocycles. The molecular weight excluding hydrogens is 230 g/mol. The second-order valence-electron chi connectivity index (χ2n) is 4.60. The van der Waals surface area contributed by atoms with Crippen LogP contribution in [0.5, 0.6) is 0 Å². The van der Waals surface area contributed by atoms with Crippen LogP contribution >= 0.6 is 0 Å². The van der Waals surface area contributed by atoms with Crippen LogP contribution in [0.1, 0.15) is 18.2 Å². The number of nitriles is 1. The van der Waals surface area contributed by atoms with Crippen LogP contribution in [0.4, 0.5) is 0 Å². The minimum atomic E-state index is -0.420. The van der Waals surface area contributed by atoms with Gasteiger partial charge < -0.3 is 14.4 Å². The predicted octanol–water partition coefficient (Wildman–Crippen LogP) is 0.573. The molecule has 5 nitrogen and oxygen atoms in total. The summed E-state index contributed by atoms with van der Waals surface area (Å²) >= 11 is 0. The quantitative estimate of drug-likeness (QED) is 0.851. The SMILES string of the molecule is CCn1cc(CN2CCOCC(O)C2)cc1C#N. The van der Waals surface area contributed by atoms with Gasteiger partial charge in [0.05, 0.1) is 19.3 Å². The second kappa shape index (κ2) is 6.01. The molecule has 0 saturated carbocycles. The monoisotopic (exact) mass is 249 g/mol. The van der Waals surface area contributed by atoms with Crippen molar-refractivity contribution < 1.29 is 9.84 Å². The summed E-state index contributed by atoms with van der Waals surface area (Å²) in [6.45, 7) is 6.08. The molecule has 1 aromatic rings. The normalized spacial score (nSPS) is 21.5. The zero-order valence-corrected chi connectivity index (χ0v) is 10.7. The minimum Gasteiger partial charge on any atom is -0.389 e. The van der Waals surface area contributed by atoms with Crippen LogP contribution in [0.2, 0.25) is 0 Å². The number of aliphatic hydroxyl groups excluding tert-OH is 1. The smallest absolute Gasteiger partial charge is 0.120 e. The fourth-order valence-electron chi connectivity index (χ4n) is 2.27. The van der Waals surface area contributed by atoms with E-state index < -0.39 is 6.10 Å². The Bertz CT molecular complexity index is 436. The van der Waals surface area contributed by atoms with Crippen molar-refractivity contribution in [2.45, 2.75) is 26.1 Å². The van der Waals surface area contributed by atoms with Crippen molar-refractivity contribution in [1.82, 2.24) is 9.47 Å². The molecule has 1 saturated heterocycles. The van der Waals surface area contributed by atoms with Crippen LogP contribution in [0.15, 0.2) is 12.3 Å². The molecule has 1 aliphatic heterocycles. The van der Waals surface area contributed by atoms with Gasteiger partial charge >= 0.3 is 0 Å². The molecule has 0 amide bonds. The molecule has 0 aromatic carbocycles. The van der Waals surface area contributed by atoms with Crippen LogP contribution in [-0.4, -0.2) is 47.0 Å². The topological polar surface area (TPSA) is 61.4 Å². The molecule has 0 spiro atoms. The molecule has 18 heavy (non-hydrogen) atoms. The molecule has 1 fully saturated rings. The third-order valence-electron chi connectivity index (χ3n) is 3.15. The first-order valence-corrected chi connectivity index (χ1v) is 6.30. The van der Waals surface area contributed by atoms with E-state index in [1.807, 2.05) is 23.8 Å². The van der Waals surface area contributed by atoms with Crippen LogP contribution in [0.3, 0.4) is 0 Å². The Hall–Kier alpha value is -1.35. The van der Waals surface area contributed by atoms with E-state index in [2.05, 4.69) is 11.0 Å². The summed E-state index contributed by atoms with van der Waals surface area (Å²) in [5.41, 5.74) is 1.81. The van der Waals surface area contributed by atoms with Crippen LogP contribution in [0.25, 0.3) is 0 Å². The summed E-state index contributed by atoms with van der Waals surface area (Å²) in [4.78, 5) is 2.16. The first-order valence-electron chi connectivity index (χ1n) is 6.30. The maximum Gasteiger partial charge on any atom is 0.120 e. The summed E-state index contributed by atoms with van der Waals surface area (Å²) in [5.74, 6) is 0. The molecular formula is C13H19N3O2. The average molecular weight is 249 g/mol. The molecule has 0 aliphatic carbocycles. The predicted molar refractivity (Wildman–Crippen MR) is 66.9 cm³/mol. The lowest BCUT2D eigenvalue weighted by molar-refractivity contribution is 0.0562. The Morgan fingerprint density at radius 1 is 1.61 bits per heavy atom. The highest BCUT2D eigenvalue weighted by Gasteiger charge is 2.17. The lowest BCUT2D eigenvalue weighted by Gasteiger charge is -2.19. The molecule has 98 valence electrons. The van der Waals surface area contributed by atoms with Gasteiger partial charge in [-0.05, 0) is 18.6 Å². The first kappa shape index (κ1) is 13.1. The second-order valence-corrected chi connectivity index (χ2v) is 4.60. The summed E-state index contributed by atoms with van der Waals surface area (Å²) < 4.78 is 7.24. The molecule has 1 unspecified atom stereocenters. The molecule has 5 heteroatoms. The Balaban J connectivity index is 2.04. The molecule has 2 rings (SSSR count). The lowest BCUT2D eigenvalue weighted by atomic mass is 10.2. The number of rotatable bonds is 3. The van der Waals surface area contributed by atoms with Gasteiger partial charge in [0.2, 0.25) is 0 Å². The van der Waals surface area contributed by atoms with Gasteiger partial charge in [0.15, 0.2) is 0 Å². The van der Waals surface area contributed by atoms with Crippen molar-refractivity contribution >= 4 is 0 Å².